The lowest BCUT2D eigenvalue weighted by atomic mass is 10.00. The Morgan fingerprint density at radius 1 is 1.16 bits per heavy atom. The SMILES string of the molecule is Cc1sc2c(c1C)C(c1ccc(Cl)cc1)=NN(CNC(=O)C(F)(F)F)c1nnc(C)n1-2. The Bertz CT molecular complexity index is 1200. The van der Waals surface area contributed by atoms with Gasteiger partial charge in [0.2, 0.25) is 0 Å². The first kappa shape index (κ1) is 21.3. The number of fused-ring (bicyclic) bond motifs is 3. The van der Waals surface area contributed by atoms with E-state index >= 15 is 0 Å². The van der Waals surface area contributed by atoms with Crippen molar-refractivity contribution < 1.29 is 18.0 Å². The molecule has 1 amide bonds. The number of anilines is 1. The number of alkyl halides is 3. The Kier molecular flexibility index (Phi) is 5.26. The average molecular weight is 469 g/mol. The molecule has 1 N–H and O–H groups in total. The Morgan fingerprint density at radius 3 is 2.48 bits per heavy atom. The van der Waals surface area contributed by atoms with Gasteiger partial charge in [-0.2, -0.15) is 18.3 Å². The van der Waals surface area contributed by atoms with Gasteiger partial charge in [-0.05, 0) is 38.5 Å². The average Bonchev–Trinajstić information content (AvgIpc) is 3.17. The third-order valence-corrected chi connectivity index (χ3v) is 6.27. The van der Waals surface area contributed by atoms with E-state index in [9.17, 15) is 18.0 Å². The van der Waals surface area contributed by atoms with Crippen molar-refractivity contribution in [2.45, 2.75) is 26.9 Å². The van der Waals surface area contributed by atoms with Crippen molar-refractivity contribution in [2.75, 3.05) is 11.7 Å². The van der Waals surface area contributed by atoms with Crippen molar-refractivity contribution in [1.82, 2.24) is 20.1 Å². The third-order valence-electron chi connectivity index (χ3n) is 4.83. The predicted molar refractivity (Wildman–Crippen MR) is 112 cm³/mol. The number of thiophene rings is 1. The van der Waals surface area contributed by atoms with Crippen LogP contribution in [0.25, 0.3) is 5.00 Å². The zero-order chi connectivity index (χ0) is 22.5. The maximum absolute atomic E-state index is 12.7. The van der Waals surface area contributed by atoms with E-state index in [1.165, 1.54) is 16.3 Å². The molecule has 162 valence electrons. The number of nitrogens with zero attached hydrogens (tertiary/aromatic N) is 5. The fourth-order valence-corrected chi connectivity index (χ4v) is 4.51. The van der Waals surface area contributed by atoms with Crippen molar-refractivity contribution in [3.05, 3.63) is 56.7 Å². The molecule has 0 radical (unpaired) electrons. The van der Waals surface area contributed by atoms with E-state index in [1.807, 2.05) is 19.2 Å². The van der Waals surface area contributed by atoms with E-state index < -0.39 is 18.8 Å². The first-order chi connectivity index (χ1) is 14.6. The number of amides is 1. The molecular formula is C19H16ClF3N6OS. The van der Waals surface area contributed by atoms with E-state index in [-0.39, 0.29) is 5.95 Å². The molecule has 3 aromatic rings. The van der Waals surface area contributed by atoms with Crippen LogP contribution in [-0.2, 0) is 4.79 Å². The second-order valence-electron chi connectivity index (χ2n) is 6.86. The van der Waals surface area contributed by atoms with Crippen LogP contribution in [0, 0.1) is 20.8 Å². The second kappa shape index (κ2) is 7.65. The topological polar surface area (TPSA) is 75.4 Å². The number of benzene rings is 1. The summed E-state index contributed by atoms with van der Waals surface area (Å²) in [6.07, 6.45) is -5.01. The monoisotopic (exact) mass is 468 g/mol. The Hall–Kier alpha value is -2.92. The molecule has 2 aromatic heterocycles. The van der Waals surface area contributed by atoms with Gasteiger partial charge in [0.15, 0.2) is 0 Å². The minimum absolute atomic E-state index is 0.200. The van der Waals surface area contributed by atoms with Crippen LogP contribution in [0.15, 0.2) is 29.4 Å². The Balaban J connectivity index is 1.89. The predicted octanol–water partition coefficient (Wildman–Crippen LogP) is 4.12. The Morgan fingerprint density at radius 2 is 1.84 bits per heavy atom. The maximum Gasteiger partial charge on any atom is 0.471 e. The molecule has 31 heavy (non-hydrogen) atoms. The number of aromatic nitrogens is 3. The van der Waals surface area contributed by atoms with Crippen molar-refractivity contribution >= 4 is 40.5 Å². The molecule has 0 bridgehead atoms. The van der Waals surface area contributed by atoms with E-state index in [4.69, 9.17) is 11.6 Å². The van der Waals surface area contributed by atoms with Gasteiger partial charge in [0.1, 0.15) is 23.2 Å². The molecule has 0 unspecified atom stereocenters. The van der Waals surface area contributed by atoms with Gasteiger partial charge < -0.3 is 5.32 Å². The van der Waals surface area contributed by atoms with E-state index in [0.717, 1.165) is 26.6 Å². The van der Waals surface area contributed by atoms with E-state index in [2.05, 4.69) is 15.3 Å². The molecule has 0 aliphatic carbocycles. The number of hydrazone groups is 1. The molecule has 4 rings (SSSR count). The minimum Gasteiger partial charge on any atom is -0.329 e. The van der Waals surface area contributed by atoms with Crippen LogP contribution in [0.5, 0.6) is 0 Å². The molecule has 7 nitrogen and oxygen atoms in total. The smallest absolute Gasteiger partial charge is 0.329 e. The molecule has 3 heterocycles. The maximum atomic E-state index is 12.7. The summed E-state index contributed by atoms with van der Waals surface area (Å²) in [7, 11) is 0. The van der Waals surface area contributed by atoms with Crippen LogP contribution in [0.3, 0.4) is 0 Å². The molecule has 0 saturated heterocycles. The van der Waals surface area contributed by atoms with Crippen LogP contribution in [-0.4, -0.2) is 39.2 Å². The van der Waals surface area contributed by atoms with Crippen LogP contribution < -0.4 is 10.3 Å². The van der Waals surface area contributed by atoms with Crippen molar-refractivity contribution in [1.29, 1.82) is 0 Å². The number of nitrogens with one attached hydrogen (secondary N) is 1. The highest BCUT2D eigenvalue weighted by Crippen LogP contribution is 2.38. The molecule has 0 spiro atoms. The second-order valence-corrected chi connectivity index (χ2v) is 8.50. The summed E-state index contributed by atoms with van der Waals surface area (Å²) in [5, 5.41) is 17.2. The summed E-state index contributed by atoms with van der Waals surface area (Å²) in [6, 6.07) is 6.98. The van der Waals surface area contributed by atoms with E-state index in [0.29, 0.717) is 16.6 Å². The molecule has 1 aliphatic heterocycles. The number of carbonyl (C=O) groups is 1. The fraction of sp³-hybridized carbons (Fsp3) is 0.263. The lowest BCUT2D eigenvalue weighted by molar-refractivity contribution is -0.173. The number of hydrogen-bond acceptors (Lipinski definition) is 6. The molecule has 1 aromatic carbocycles. The van der Waals surface area contributed by atoms with Crippen LogP contribution >= 0.6 is 22.9 Å². The van der Waals surface area contributed by atoms with Crippen LogP contribution in [0.4, 0.5) is 19.1 Å². The van der Waals surface area contributed by atoms with Crippen molar-refractivity contribution in [3.8, 4) is 5.00 Å². The van der Waals surface area contributed by atoms with Gasteiger partial charge in [-0.3, -0.25) is 9.36 Å². The molecule has 0 saturated carbocycles. The Labute approximate surface area is 184 Å². The largest absolute Gasteiger partial charge is 0.471 e. The number of aryl methyl sites for hydroxylation is 2. The summed E-state index contributed by atoms with van der Waals surface area (Å²) in [6.45, 7) is 5.14. The molecule has 0 fully saturated rings. The van der Waals surface area contributed by atoms with Gasteiger partial charge in [-0.25, -0.2) is 5.01 Å². The van der Waals surface area contributed by atoms with Gasteiger partial charge in [-0.1, -0.05) is 23.7 Å². The standard InChI is InChI=1S/C19H16ClF3N6OS/c1-9-10(2)31-16-14(9)15(12-4-6-13(20)7-5-12)27-28(8-24-17(30)19(21,22)23)18-26-25-11(3)29(16)18/h4-7H,8H2,1-3H3,(H,24,30). The van der Waals surface area contributed by atoms with Crippen LogP contribution in [0.1, 0.15) is 27.4 Å². The number of carbonyl (C=O) groups excluding carboxylic acids is 1. The highest BCUT2D eigenvalue weighted by molar-refractivity contribution is 7.15. The van der Waals surface area contributed by atoms with Gasteiger partial charge in [0.25, 0.3) is 5.95 Å². The number of halogens is 4. The summed E-state index contributed by atoms with van der Waals surface area (Å²) < 4.78 is 39.9. The summed E-state index contributed by atoms with van der Waals surface area (Å²) in [5.41, 5.74) is 3.04. The quantitative estimate of drug-likeness (QED) is 0.627. The fourth-order valence-electron chi connectivity index (χ4n) is 3.18. The van der Waals surface area contributed by atoms with Gasteiger partial charge in [0.05, 0.1) is 0 Å². The minimum atomic E-state index is -5.01. The molecular weight excluding hydrogens is 453 g/mol. The third kappa shape index (κ3) is 3.79. The van der Waals surface area contributed by atoms with Crippen molar-refractivity contribution in [2.24, 2.45) is 5.10 Å². The van der Waals surface area contributed by atoms with Gasteiger partial charge in [-0.15, -0.1) is 21.5 Å². The van der Waals surface area contributed by atoms with E-state index in [1.54, 1.807) is 35.8 Å². The number of rotatable bonds is 3. The summed E-state index contributed by atoms with van der Waals surface area (Å²) in [4.78, 5) is 12.5. The number of hydrogen-bond donors (Lipinski definition) is 1. The lowest BCUT2D eigenvalue weighted by Gasteiger charge is -2.19. The first-order valence-electron chi connectivity index (χ1n) is 9.07. The first-order valence-corrected chi connectivity index (χ1v) is 10.3. The van der Waals surface area contributed by atoms with Gasteiger partial charge in [0, 0.05) is 21.0 Å². The zero-order valence-corrected chi connectivity index (χ0v) is 18.2. The molecule has 0 atom stereocenters. The highest BCUT2D eigenvalue weighted by Gasteiger charge is 2.39. The highest BCUT2D eigenvalue weighted by atomic mass is 35.5. The normalized spacial score (nSPS) is 13.4. The van der Waals surface area contributed by atoms with Gasteiger partial charge >= 0.3 is 12.1 Å². The lowest BCUT2D eigenvalue weighted by Crippen LogP contribution is -2.43. The summed E-state index contributed by atoms with van der Waals surface area (Å²) in [5.74, 6) is -1.33. The zero-order valence-electron chi connectivity index (χ0n) is 16.6. The molecule has 12 heteroatoms. The molecule has 1 aliphatic rings. The van der Waals surface area contributed by atoms with Crippen molar-refractivity contribution in [3.63, 3.8) is 0 Å². The van der Waals surface area contributed by atoms with Crippen LogP contribution in [0.2, 0.25) is 5.02 Å². The summed E-state index contributed by atoms with van der Waals surface area (Å²) >= 11 is 7.53.